The van der Waals surface area contributed by atoms with Gasteiger partial charge in [0, 0.05) is 24.1 Å². The van der Waals surface area contributed by atoms with E-state index in [4.69, 9.17) is 11.6 Å². The fourth-order valence-electron chi connectivity index (χ4n) is 1.41. The van der Waals surface area contributed by atoms with Crippen LogP contribution < -0.4 is 5.32 Å². The van der Waals surface area contributed by atoms with Crippen molar-refractivity contribution in [1.82, 2.24) is 5.32 Å². The van der Waals surface area contributed by atoms with Gasteiger partial charge >= 0.3 is 0 Å². The summed E-state index contributed by atoms with van der Waals surface area (Å²) in [5.74, 6) is 1.63. The Hall–Kier alpha value is -0.510. The van der Waals surface area contributed by atoms with Crippen LogP contribution in [0.2, 0.25) is 5.02 Å². The molecule has 0 radical (unpaired) electrons. The van der Waals surface area contributed by atoms with Crippen LogP contribution in [-0.2, 0) is 0 Å². The van der Waals surface area contributed by atoms with E-state index in [2.05, 4.69) is 11.9 Å². The monoisotopic (exact) mass is 273 g/mol. The molecule has 0 aliphatic heterocycles. The van der Waals surface area contributed by atoms with Crippen molar-refractivity contribution < 1.29 is 4.39 Å². The van der Waals surface area contributed by atoms with Crippen molar-refractivity contribution in [2.45, 2.75) is 13.0 Å². The second-order valence-corrected chi connectivity index (χ2v) is 5.27. The minimum absolute atomic E-state index is 0.178. The Morgan fingerprint density at radius 3 is 3.00 bits per heavy atom. The standard InChI is InChI=1S/C13H17ClFNS/c1-3-7-17-8-6-16-10(2)11-4-5-13(15)12(14)9-11/h3-5,9-10,16H,1,6-8H2,2H3. The van der Waals surface area contributed by atoms with Gasteiger partial charge in [0.15, 0.2) is 0 Å². The lowest BCUT2D eigenvalue weighted by Gasteiger charge is -2.14. The van der Waals surface area contributed by atoms with Crippen LogP contribution in [0.3, 0.4) is 0 Å². The Balaban J connectivity index is 2.38. The van der Waals surface area contributed by atoms with Gasteiger partial charge in [-0.2, -0.15) is 11.8 Å². The number of rotatable bonds is 7. The predicted molar refractivity (Wildman–Crippen MR) is 75.3 cm³/mol. The van der Waals surface area contributed by atoms with Crippen molar-refractivity contribution in [3.8, 4) is 0 Å². The van der Waals surface area contributed by atoms with E-state index >= 15 is 0 Å². The lowest BCUT2D eigenvalue weighted by atomic mass is 10.1. The van der Waals surface area contributed by atoms with Crippen LogP contribution in [0.4, 0.5) is 4.39 Å². The molecule has 1 aromatic carbocycles. The molecular weight excluding hydrogens is 257 g/mol. The number of hydrogen-bond donors (Lipinski definition) is 1. The molecule has 1 unspecified atom stereocenters. The van der Waals surface area contributed by atoms with Gasteiger partial charge in [-0.15, -0.1) is 6.58 Å². The molecule has 1 atom stereocenters. The Kier molecular flexibility index (Phi) is 6.63. The molecule has 0 amide bonds. The zero-order chi connectivity index (χ0) is 12.7. The van der Waals surface area contributed by atoms with Crippen molar-refractivity contribution in [3.63, 3.8) is 0 Å². The van der Waals surface area contributed by atoms with Gasteiger partial charge in [0.1, 0.15) is 5.82 Å². The third kappa shape index (κ3) is 5.11. The normalized spacial score (nSPS) is 12.4. The average molecular weight is 274 g/mol. The Morgan fingerprint density at radius 1 is 1.59 bits per heavy atom. The van der Waals surface area contributed by atoms with E-state index in [1.165, 1.54) is 6.07 Å². The highest BCUT2D eigenvalue weighted by atomic mass is 35.5. The Morgan fingerprint density at radius 2 is 2.35 bits per heavy atom. The molecule has 0 bridgehead atoms. The molecular formula is C13H17ClFNS. The zero-order valence-corrected chi connectivity index (χ0v) is 11.5. The highest BCUT2D eigenvalue weighted by Crippen LogP contribution is 2.20. The molecule has 17 heavy (non-hydrogen) atoms. The second-order valence-electron chi connectivity index (χ2n) is 3.71. The van der Waals surface area contributed by atoms with Crippen LogP contribution in [0, 0.1) is 5.82 Å². The third-order valence-electron chi connectivity index (χ3n) is 2.38. The van der Waals surface area contributed by atoms with Crippen molar-refractivity contribution in [1.29, 1.82) is 0 Å². The number of benzene rings is 1. The molecule has 0 aromatic heterocycles. The first-order valence-corrected chi connectivity index (χ1v) is 7.05. The van der Waals surface area contributed by atoms with Crippen LogP contribution in [-0.4, -0.2) is 18.1 Å². The minimum Gasteiger partial charge on any atom is -0.309 e. The van der Waals surface area contributed by atoms with Gasteiger partial charge in [-0.25, -0.2) is 4.39 Å². The minimum atomic E-state index is -0.371. The molecule has 1 N–H and O–H groups in total. The van der Waals surface area contributed by atoms with E-state index in [1.54, 1.807) is 12.1 Å². The highest BCUT2D eigenvalue weighted by Gasteiger charge is 2.07. The van der Waals surface area contributed by atoms with Crippen LogP contribution in [0.1, 0.15) is 18.5 Å². The molecule has 0 fully saturated rings. The summed E-state index contributed by atoms with van der Waals surface area (Å²) < 4.78 is 13.0. The lowest BCUT2D eigenvalue weighted by Crippen LogP contribution is -2.21. The summed E-state index contributed by atoms with van der Waals surface area (Å²) in [7, 11) is 0. The summed E-state index contributed by atoms with van der Waals surface area (Å²) in [6, 6.07) is 5.01. The van der Waals surface area contributed by atoms with Crippen molar-refractivity contribution in [3.05, 3.63) is 47.3 Å². The van der Waals surface area contributed by atoms with E-state index in [1.807, 2.05) is 24.8 Å². The second kappa shape index (κ2) is 7.75. The SMILES string of the molecule is C=CCSCCNC(C)c1ccc(F)c(Cl)c1. The van der Waals surface area contributed by atoms with Gasteiger partial charge in [-0.05, 0) is 24.6 Å². The largest absolute Gasteiger partial charge is 0.309 e. The molecule has 1 rings (SSSR count). The van der Waals surface area contributed by atoms with Gasteiger partial charge in [-0.3, -0.25) is 0 Å². The number of nitrogens with one attached hydrogen (secondary N) is 1. The van der Waals surface area contributed by atoms with Crippen LogP contribution in [0.25, 0.3) is 0 Å². The van der Waals surface area contributed by atoms with Crippen LogP contribution in [0.15, 0.2) is 30.9 Å². The van der Waals surface area contributed by atoms with E-state index < -0.39 is 0 Å². The Bertz CT molecular complexity index is 370. The quantitative estimate of drug-likeness (QED) is 0.594. The fourth-order valence-corrected chi connectivity index (χ4v) is 2.20. The van der Waals surface area contributed by atoms with Gasteiger partial charge in [0.2, 0.25) is 0 Å². The van der Waals surface area contributed by atoms with Gasteiger partial charge < -0.3 is 5.32 Å². The Labute approximate surface area is 111 Å². The fraction of sp³-hybridized carbons (Fsp3) is 0.385. The first kappa shape index (κ1) is 14.6. The summed E-state index contributed by atoms with van der Waals surface area (Å²) in [5.41, 5.74) is 1.00. The smallest absolute Gasteiger partial charge is 0.141 e. The van der Waals surface area contributed by atoms with Gasteiger partial charge in [0.25, 0.3) is 0 Å². The number of halogens is 2. The molecule has 0 spiro atoms. The van der Waals surface area contributed by atoms with Gasteiger partial charge in [-0.1, -0.05) is 23.7 Å². The summed E-state index contributed by atoms with van der Waals surface area (Å²) >= 11 is 7.57. The van der Waals surface area contributed by atoms with Crippen molar-refractivity contribution in [2.75, 3.05) is 18.1 Å². The summed E-state index contributed by atoms with van der Waals surface area (Å²) in [6.45, 7) is 6.62. The molecule has 0 aliphatic rings. The number of thioether (sulfide) groups is 1. The van der Waals surface area contributed by atoms with Gasteiger partial charge in [0.05, 0.1) is 5.02 Å². The summed E-state index contributed by atoms with van der Waals surface area (Å²) in [5, 5.41) is 3.55. The van der Waals surface area contributed by atoms with E-state index in [0.29, 0.717) is 0 Å². The van der Waals surface area contributed by atoms with E-state index in [-0.39, 0.29) is 16.9 Å². The molecule has 0 aliphatic carbocycles. The van der Waals surface area contributed by atoms with E-state index in [0.717, 1.165) is 23.6 Å². The molecule has 1 nitrogen and oxygen atoms in total. The maximum atomic E-state index is 13.0. The molecule has 0 heterocycles. The molecule has 1 aromatic rings. The van der Waals surface area contributed by atoms with Crippen molar-refractivity contribution >= 4 is 23.4 Å². The molecule has 0 saturated carbocycles. The topological polar surface area (TPSA) is 12.0 Å². The summed E-state index contributed by atoms with van der Waals surface area (Å²) in [6.07, 6.45) is 1.90. The highest BCUT2D eigenvalue weighted by molar-refractivity contribution is 7.99. The zero-order valence-electron chi connectivity index (χ0n) is 9.88. The summed E-state index contributed by atoms with van der Waals surface area (Å²) in [4.78, 5) is 0. The maximum absolute atomic E-state index is 13.0. The molecule has 94 valence electrons. The first-order valence-electron chi connectivity index (χ1n) is 5.52. The van der Waals surface area contributed by atoms with E-state index in [9.17, 15) is 4.39 Å². The van der Waals surface area contributed by atoms with Crippen LogP contribution >= 0.6 is 23.4 Å². The molecule has 0 saturated heterocycles. The van der Waals surface area contributed by atoms with Crippen molar-refractivity contribution in [2.24, 2.45) is 0 Å². The average Bonchev–Trinajstić information content (AvgIpc) is 2.32. The lowest BCUT2D eigenvalue weighted by molar-refractivity contribution is 0.594. The van der Waals surface area contributed by atoms with Crippen LogP contribution in [0.5, 0.6) is 0 Å². The predicted octanol–water partition coefficient (Wildman–Crippen LogP) is 4.05. The molecule has 4 heteroatoms. The third-order valence-corrected chi connectivity index (χ3v) is 3.63. The number of hydrogen-bond acceptors (Lipinski definition) is 2. The first-order chi connectivity index (χ1) is 8.15. The maximum Gasteiger partial charge on any atom is 0.141 e.